The summed E-state index contributed by atoms with van der Waals surface area (Å²) in [7, 11) is 0. The summed E-state index contributed by atoms with van der Waals surface area (Å²) in [6.45, 7) is 6.71. The van der Waals surface area contributed by atoms with Crippen LogP contribution in [0.4, 0.5) is 5.69 Å². The fourth-order valence-corrected chi connectivity index (χ4v) is 2.33. The standard InChI is InChI=1S/C18H22N2OS/c1-13-7-9-17(10-8-13)21-12-15(3)19-18(22)20-16-6-4-5-14(2)11-16/h4-11,15H,12H2,1-3H3,(H2,19,20,22). The lowest BCUT2D eigenvalue weighted by molar-refractivity contribution is 0.287. The summed E-state index contributed by atoms with van der Waals surface area (Å²) in [5, 5.41) is 7.01. The van der Waals surface area contributed by atoms with Gasteiger partial charge >= 0.3 is 0 Å². The molecule has 0 amide bonds. The number of rotatable bonds is 5. The number of anilines is 1. The molecule has 0 fully saturated rings. The van der Waals surface area contributed by atoms with E-state index in [9.17, 15) is 0 Å². The number of nitrogens with one attached hydrogen (secondary N) is 2. The fraction of sp³-hybridized carbons (Fsp3) is 0.278. The van der Waals surface area contributed by atoms with Gasteiger partial charge in [-0.15, -0.1) is 0 Å². The van der Waals surface area contributed by atoms with Crippen molar-refractivity contribution in [2.24, 2.45) is 0 Å². The monoisotopic (exact) mass is 314 g/mol. The fourth-order valence-electron chi connectivity index (χ4n) is 2.01. The average Bonchev–Trinajstić information content (AvgIpc) is 2.46. The van der Waals surface area contributed by atoms with Gasteiger partial charge in [-0.25, -0.2) is 0 Å². The van der Waals surface area contributed by atoms with Crippen molar-refractivity contribution in [1.29, 1.82) is 0 Å². The highest BCUT2D eigenvalue weighted by atomic mass is 32.1. The van der Waals surface area contributed by atoms with Crippen molar-refractivity contribution in [2.75, 3.05) is 11.9 Å². The molecule has 2 N–H and O–H groups in total. The first-order chi connectivity index (χ1) is 10.5. The summed E-state index contributed by atoms with van der Waals surface area (Å²) in [5.41, 5.74) is 3.41. The van der Waals surface area contributed by atoms with E-state index in [1.807, 2.05) is 43.3 Å². The number of thiocarbonyl (C=S) groups is 1. The van der Waals surface area contributed by atoms with Crippen LogP contribution in [0.5, 0.6) is 5.75 Å². The van der Waals surface area contributed by atoms with Crippen LogP contribution in [0.2, 0.25) is 0 Å². The molecule has 22 heavy (non-hydrogen) atoms. The molecule has 2 aromatic carbocycles. The van der Waals surface area contributed by atoms with Crippen LogP contribution in [-0.2, 0) is 0 Å². The molecule has 0 aromatic heterocycles. The lowest BCUT2D eigenvalue weighted by atomic mass is 10.2. The Hall–Kier alpha value is -2.07. The van der Waals surface area contributed by atoms with Crippen LogP contribution in [0.1, 0.15) is 18.1 Å². The summed E-state index contributed by atoms with van der Waals surface area (Å²) in [4.78, 5) is 0. The molecule has 0 saturated carbocycles. The van der Waals surface area contributed by atoms with Gasteiger partial charge in [-0.2, -0.15) is 0 Å². The van der Waals surface area contributed by atoms with Crippen LogP contribution in [0.3, 0.4) is 0 Å². The van der Waals surface area contributed by atoms with E-state index in [1.54, 1.807) is 0 Å². The third-order valence-corrected chi connectivity index (χ3v) is 3.39. The van der Waals surface area contributed by atoms with E-state index in [2.05, 4.69) is 36.6 Å². The predicted molar refractivity (Wildman–Crippen MR) is 96.7 cm³/mol. The molecule has 0 spiro atoms. The predicted octanol–water partition coefficient (Wildman–Crippen LogP) is 4.06. The highest BCUT2D eigenvalue weighted by Gasteiger charge is 2.05. The van der Waals surface area contributed by atoms with Crippen molar-refractivity contribution in [1.82, 2.24) is 5.32 Å². The molecule has 1 atom stereocenters. The number of benzene rings is 2. The van der Waals surface area contributed by atoms with Gasteiger partial charge in [-0.3, -0.25) is 0 Å². The molecule has 0 saturated heterocycles. The van der Waals surface area contributed by atoms with Crippen molar-refractivity contribution in [2.45, 2.75) is 26.8 Å². The van der Waals surface area contributed by atoms with E-state index >= 15 is 0 Å². The van der Waals surface area contributed by atoms with Gasteiger partial charge in [0, 0.05) is 5.69 Å². The molecular weight excluding hydrogens is 292 g/mol. The van der Waals surface area contributed by atoms with Crippen LogP contribution in [-0.4, -0.2) is 17.8 Å². The zero-order valence-corrected chi connectivity index (χ0v) is 14.0. The third-order valence-electron chi connectivity index (χ3n) is 3.17. The molecule has 0 radical (unpaired) electrons. The molecule has 0 aliphatic heterocycles. The SMILES string of the molecule is Cc1ccc(OCC(C)NC(=S)Nc2cccc(C)c2)cc1. The second-order valence-electron chi connectivity index (χ2n) is 5.49. The largest absolute Gasteiger partial charge is 0.491 e. The van der Waals surface area contributed by atoms with Gasteiger partial charge < -0.3 is 15.4 Å². The first kappa shape index (κ1) is 16.3. The summed E-state index contributed by atoms with van der Waals surface area (Å²) in [5.74, 6) is 0.872. The first-order valence-electron chi connectivity index (χ1n) is 7.36. The van der Waals surface area contributed by atoms with Crippen molar-refractivity contribution in [3.8, 4) is 5.75 Å². The Labute approximate surface area is 137 Å². The molecule has 2 rings (SSSR count). The Morgan fingerprint density at radius 2 is 1.82 bits per heavy atom. The van der Waals surface area contributed by atoms with Gasteiger partial charge in [-0.05, 0) is 62.8 Å². The average molecular weight is 314 g/mol. The number of hydrogen-bond donors (Lipinski definition) is 2. The molecule has 0 bridgehead atoms. The van der Waals surface area contributed by atoms with E-state index in [0.717, 1.165) is 11.4 Å². The highest BCUT2D eigenvalue weighted by Crippen LogP contribution is 2.12. The molecular formula is C18H22N2OS. The zero-order valence-electron chi connectivity index (χ0n) is 13.2. The lowest BCUT2D eigenvalue weighted by Crippen LogP contribution is -2.39. The van der Waals surface area contributed by atoms with Crippen LogP contribution in [0.15, 0.2) is 48.5 Å². The minimum atomic E-state index is 0.117. The van der Waals surface area contributed by atoms with Crippen LogP contribution in [0.25, 0.3) is 0 Å². The maximum atomic E-state index is 5.74. The van der Waals surface area contributed by atoms with E-state index in [0.29, 0.717) is 11.7 Å². The number of ether oxygens (including phenoxy) is 1. The summed E-state index contributed by atoms with van der Waals surface area (Å²) < 4.78 is 5.74. The summed E-state index contributed by atoms with van der Waals surface area (Å²) >= 11 is 5.33. The quantitative estimate of drug-likeness (QED) is 0.816. The van der Waals surface area contributed by atoms with E-state index in [1.165, 1.54) is 11.1 Å². The van der Waals surface area contributed by atoms with Crippen LogP contribution >= 0.6 is 12.2 Å². The van der Waals surface area contributed by atoms with E-state index < -0.39 is 0 Å². The molecule has 4 heteroatoms. The number of aryl methyl sites for hydroxylation is 2. The molecule has 2 aromatic rings. The topological polar surface area (TPSA) is 33.3 Å². The van der Waals surface area contributed by atoms with Crippen molar-refractivity contribution < 1.29 is 4.74 Å². The van der Waals surface area contributed by atoms with Gasteiger partial charge in [0.05, 0.1) is 6.04 Å². The normalized spacial score (nSPS) is 11.6. The molecule has 1 unspecified atom stereocenters. The molecule has 0 aliphatic carbocycles. The van der Waals surface area contributed by atoms with E-state index in [4.69, 9.17) is 17.0 Å². The Bertz CT molecular complexity index is 625. The third kappa shape index (κ3) is 5.37. The second kappa shape index (κ2) is 7.80. The van der Waals surface area contributed by atoms with Gasteiger partial charge in [0.25, 0.3) is 0 Å². The smallest absolute Gasteiger partial charge is 0.171 e. The van der Waals surface area contributed by atoms with Gasteiger partial charge in [0.1, 0.15) is 12.4 Å². The minimum Gasteiger partial charge on any atom is -0.491 e. The Balaban J connectivity index is 1.77. The summed E-state index contributed by atoms with van der Waals surface area (Å²) in [6, 6.07) is 16.3. The Morgan fingerprint density at radius 1 is 1.09 bits per heavy atom. The van der Waals surface area contributed by atoms with Crippen LogP contribution in [0, 0.1) is 13.8 Å². The molecule has 116 valence electrons. The van der Waals surface area contributed by atoms with Gasteiger partial charge in [-0.1, -0.05) is 29.8 Å². The van der Waals surface area contributed by atoms with Crippen molar-refractivity contribution in [3.63, 3.8) is 0 Å². The van der Waals surface area contributed by atoms with Gasteiger partial charge in [0.2, 0.25) is 0 Å². The zero-order chi connectivity index (χ0) is 15.9. The van der Waals surface area contributed by atoms with Crippen LogP contribution < -0.4 is 15.4 Å². The lowest BCUT2D eigenvalue weighted by Gasteiger charge is -2.18. The first-order valence-corrected chi connectivity index (χ1v) is 7.77. The molecule has 3 nitrogen and oxygen atoms in total. The Morgan fingerprint density at radius 3 is 2.50 bits per heavy atom. The van der Waals surface area contributed by atoms with Gasteiger partial charge in [0.15, 0.2) is 5.11 Å². The Kier molecular flexibility index (Phi) is 5.78. The highest BCUT2D eigenvalue weighted by molar-refractivity contribution is 7.80. The maximum absolute atomic E-state index is 5.74. The van der Waals surface area contributed by atoms with Crippen molar-refractivity contribution >= 4 is 23.0 Å². The summed E-state index contributed by atoms with van der Waals surface area (Å²) in [6.07, 6.45) is 0. The van der Waals surface area contributed by atoms with E-state index in [-0.39, 0.29) is 6.04 Å². The van der Waals surface area contributed by atoms with Crippen molar-refractivity contribution in [3.05, 3.63) is 59.7 Å². The number of hydrogen-bond acceptors (Lipinski definition) is 2. The molecule has 0 heterocycles. The molecule has 0 aliphatic rings. The maximum Gasteiger partial charge on any atom is 0.171 e. The second-order valence-corrected chi connectivity index (χ2v) is 5.90. The minimum absolute atomic E-state index is 0.117.